The van der Waals surface area contributed by atoms with Crippen LogP contribution < -0.4 is 16.4 Å². The van der Waals surface area contributed by atoms with E-state index in [-0.39, 0.29) is 18.1 Å². The third-order valence-corrected chi connectivity index (χ3v) is 2.66. The van der Waals surface area contributed by atoms with Crippen molar-refractivity contribution in [1.29, 1.82) is 0 Å². The van der Waals surface area contributed by atoms with Gasteiger partial charge in [0.2, 0.25) is 5.91 Å². The van der Waals surface area contributed by atoms with Gasteiger partial charge >= 0.3 is 0 Å². The van der Waals surface area contributed by atoms with Crippen LogP contribution in [0.1, 0.15) is 17.4 Å². The molecule has 0 radical (unpaired) electrons. The number of rotatable bonds is 5. The van der Waals surface area contributed by atoms with Gasteiger partial charge in [0, 0.05) is 20.6 Å². The molecule has 0 aliphatic rings. The summed E-state index contributed by atoms with van der Waals surface area (Å²) in [6.07, 6.45) is 0. The molecule has 0 unspecified atom stereocenters. The second-order valence-corrected chi connectivity index (χ2v) is 4.28. The lowest BCUT2D eigenvalue weighted by molar-refractivity contribution is -0.127. The molecule has 1 aromatic heterocycles. The number of pyridine rings is 1. The van der Waals surface area contributed by atoms with Crippen LogP contribution in [0.4, 0.5) is 11.5 Å². The Hall–Kier alpha value is -2.31. The maximum atomic E-state index is 11.7. The zero-order valence-electron chi connectivity index (χ0n) is 11.4. The van der Waals surface area contributed by atoms with E-state index >= 15 is 0 Å². The lowest BCUT2D eigenvalue weighted by atomic mass is 10.3. The Balaban J connectivity index is 3.07. The molecule has 1 heterocycles. The predicted octanol–water partition coefficient (Wildman–Crippen LogP) is -0.323. The van der Waals surface area contributed by atoms with Crippen molar-refractivity contribution in [3.05, 3.63) is 17.8 Å². The third kappa shape index (κ3) is 3.57. The highest BCUT2D eigenvalue weighted by Gasteiger charge is 2.16. The van der Waals surface area contributed by atoms with Gasteiger partial charge in [0.15, 0.2) is 5.82 Å². The number of carbonyl (C=O) groups excluding carboxylic acids is 2. The highest BCUT2D eigenvalue weighted by Crippen LogP contribution is 2.20. The number of likely N-dealkylation sites (N-methyl/N-ethyl adjacent to an activating group) is 2. The highest BCUT2D eigenvalue weighted by molar-refractivity contribution is 5.92. The van der Waals surface area contributed by atoms with Crippen LogP contribution in [-0.4, -0.2) is 48.9 Å². The molecular formula is C12H19N5O2. The lowest BCUT2D eigenvalue weighted by Crippen LogP contribution is -2.37. The number of aromatic nitrogens is 1. The van der Waals surface area contributed by atoms with Gasteiger partial charge in [-0.05, 0) is 19.1 Å². The third-order valence-electron chi connectivity index (χ3n) is 2.66. The first kappa shape index (κ1) is 14.7. The Kier molecular flexibility index (Phi) is 4.68. The van der Waals surface area contributed by atoms with Crippen molar-refractivity contribution in [3.8, 4) is 0 Å². The van der Waals surface area contributed by atoms with Crippen LogP contribution in [0, 0.1) is 0 Å². The SMILES string of the molecule is CCN(CC(=O)N(C)C)c1nc(C(N)=O)ccc1N. The van der Waals surface area contributed by atoms with Crippen molar-refractivity contribution in [2.75, 3.05) is 37.8 Å². The Labute approximate surface area is 112 Å². The molecule has 7 nitrogen and oxygen atoms in total. The number of nitrogens with zero attached hydrogens (tertiary/aromatic N) is 3. The van der Waals surface area contributed by atoms with E-state index in [4.69, 9.17) is 11.5 Å². The van der Waals surface area contributed by atoms with Crippen LogP contribution in [0.5, 0.6) is 0 Å². The predicted molar refractivity (Wildman–Crippen MR) is 73.7 cm³/mol. The molecule has 4 N–H and O–H groups in total. The van der Waals surface area contributed by atoms with Crippen molar-refractivity contribution in [3.63, 3.8) is 0 Å². The minimum Gasteiger partial charge on any atom is -0.396 e. The van der Waals surface area contributed by atoms with E-state index in [2.05, 4.69) is 4.98 Å². The Bertz CT molecular complexity index is 487. The summed E-state index contributed by atoms with van der Waals surface area (Å²) in [6.45, 7) is 2.56. The van der Waals surface area contributed by atoms with Gasteiger partial charge in [0.05, 0.1) is 12.2 Å². The number of nitrogens with two attached hydrogens (primary N) is 2. The summed E-state index contributed by atoms with van der Waals surface area (Å²) >= 11 is 0. The molecule has 2 amide bonds. The van der Waals surface area contributed by atoms with E-state index < -0.39 is 5.91 Å². The first-order valence-electron chi connectivity index (χ1n) is 5.88. The quantitative estimate of drug-likeness (QED) is 0.758. The molecule has 0 bridgehead atoms. The van der Waals surface area contributed by atoms with Gasteiger partial charge in [-0.3, -0.25) is 9.59 Å². The Morgan fingerprint density at radius 3 is 2.42 bits per heavy atom. The first-order valence-corrected chi connectivity index (χ1v) is 5.88. The van der Waals surface area contributed by atoms with Gasteiger partial charge in [-0.1, -0.05) is 0 Å². The molecule has 0 atom stereocenters. The van der Waals surface area contributed by atoms with Gasteiger partial charge in [-0.25, -0.2) is 4.98 Å². The van der Waals surface area contributed by atoms with E-state index in [0.29, 0.717) is 18.1 Å². The van der Waals surface area contributed by atoms with E-state index in [1.165, 1.54) is 11.0 Å². The van der Waals surface area contributed by atoms with Crippen LogP contribution in [-0.2, 0) is 4.79 Å². The van der Waals surface area contributed by atoms with E-state index in [9.17, 15) is 9.59 Å². The monoisotopic (exact) mass is 265 g/mol. The van der Waals surface area contributed by atoms with Gasteiger partial charge in [-0.2, -0.15) is 0 Å². The number of carbonyl (C=O) groups is 2. The molecule has 1 aromatic rings. The number of nitrogen functional groups attached to an aromatic ring is 1. The zero-order chi connectivity index (χ0) is 14.6. The summed E-state index contributed by atoms with van der Waals surface area (Å²) in [5.74, 6) is -0.308. The number of hydrogen-bond donors (Lipinski definition) is 2. The van der Waals surface area contributed by atoms with Crippen LogP contribution >= 0.6 is 0 Å². The number of primary amides is 1. The second kappa shape index (κ2) is 6.03. The van der Waals surface area contributed by atoms with Crippen LogP contribution in [0.25, 0.3) is 0 Å². The molecule has 104 valence electrons. The lowest BCUT2D eigenvalue weighted by Gasteiger charge is -2.24. The van der Waals surface area contributed by atoms with Gasteiger partial charge < -0.3 is 21.3 Å². The number of anilines is 2. The normalized spacial score (nSPS) is 10.1. The average Bonchev–Trinajstić information content (AvgIpc) is 2.36. The van der Waals surface area contributed by atoms with Crippen LogP contribution in [0.15, 0.2) is 12.1 Å². The van der Waals surface area contributed by atoms with Gasteiger partial charge in [-0.15, -0.1) is 0 Å². The maximum Gasteiger partial charge on any atom is 0.267 e. The van der Waals surface area contributed by atoms with Crippen molar-refractivity contribution in [2.24, 2.45) is 5.73 Å². The Morgan fingerprint density at radius 1 is 1.32 bits per heavy atom. The molecule has 0 saturated carbocycles. The van der Waals surface area contributed by atoms with E-state index in [1.54, 1.807) is 25.1 Å². The number of amides is 2. The summed E-state index contributed by atoms with van der Waals surface area (Å²) in [5, 5.41) is 0. The summed E-state index contributed by atoms with van der Waals surface area (Å²) < 4.78 is 0. The van der Waals surface area contributed by atoms with Crippen molar-refractivity contribution in [1.82, 2.24) is 9.88 Å². The largest absolute Gasteiger partial charge is 0.396 e. The fraction of sp³-hybridized carbons (Fsp3) is 0.417. The molecule has 0 aromatic carbocycles. The zero-order valence-corrected chi connectivity index (χ0v) is 11.4. The molecule has 7 heteroatoms. The summed E-state index contributed by atoms with van der Waals surface area (Å²) in [7, 11) is 3.35. The maximum absolute atomic E-state index is 11.7. The molecular weight excluding hydrogens is 246 g/mol. The molecule has 0 aliphatic carbocycles. The minimum atomic E-state index is -0.628. The first-order chi connectivity index (χ1) is 8.86. The fourth-order valence-corrected chi connectivity index (χ4v) is 1.49. The van der Waals surface area contributed by atoms with Gasteiger partial charge in [0.1, 0.15) is 5.69 Å². The van der Waals surface area contributed by atoms with Crippen molar-refractivity contribution >= 4 is 23.3 Å². The van der Waals surface area contributed by atoms with Crippen molar-refractivity contribution < 1.29 is 9.59 Å². The molecule has 0 spiro atoms. The second-order valence-electron chi connectivity index (χ2n) is 4.28. The summed E-state index contributed by atoms with van der Waals surface area (Å²) in [5.41, 5.74) is 11.6. The topological polar surface area (TPSA) is 106 Å². The van der Waals surface area contributed by atoms with E-state index in [0.717, 1.165) is 0 Å². The standard InChI is InChI=1S/C12H19N5O2/c1-4-17(7-10(18)16(2)3)12-8(13)5-6-9(15-12)11(14)19/h5-6H,4,7,13H2,1-3H3,(H2,14,19). The van der Waals surface area contributed by atoms with Crippen molar-refractivity contribution in [2.45, 2.75) is 6.92 Å². The Morgan fingerprint density at radius 2 is 1.95 bits per heavy atom. The summed E-state index contributed by atoms with van der Waals surface area (Å²) in [6, 6.07) is 3.02. The summed E-state index contributed by atoms with van der Waals surface area (Å²) in [4.78, 5) is 30.2. The average molecular weight is 265 g/mol. The van der Waals surface area contributed by atoms with Gasteiger partial charge in [0.25, 0.3) is 5.91 Å². The van der Waals surface area contributed by atoms with Crippen LogP contribution in [0.3, 0.4) is 0 Å². The molecule has 0 fully saturated rings. The molecule has 0 aliphatic heterocycles. The highest BCUT2D eigenvalue weighted by atomic mass is 16.2. The molecule has 0 saturated heterocycles. The minimum absolute atomic E-state index is 0.0764. The van der Waals surface area contributed by atoms with Crippen LogP contribution in [0.2, 0.25) is 0 Å². The smallest absolute Gasteiger partial charge is 0.267 e. The molecule has 19 heavy (non-hydrogen) atoms. The fourth-order valence-electron chi connectivity index (χ4n) is 1.49. The number of hydrogen-bond acceptors (Lipinski definition) is 5. The van der Waals surface area contributed by atoms with E-state index in [1.807, 2.05) is 6.92 Å². The molecule has 1 rings (SSSR count).